The highest BCUT2D eigenvalue weighted by molar-refractivity contribution is 5.85. The van der Waals surface area contributed by atoms with Crippen LogP contribution in [0.15, 0.2) is 24.3 Å². The molecular weight excluding hydrogens is 344 g/mol. The molecule has 2 N–H and O–H groups in total. The molecule has 0 aliphatic carbocycles. The lowest BCUT2D eigenvalue weighted by Crippen LogP contribution is -2.43. The quantitative estimate of drug-likeness (QED) is 0.732. The molecule has 1 aliphatic heterocycles. The van der Waals surface area contributed by atoms with Crippen LogP contribution in [-0.4, -0.2) is 53.7 Å². The van der Waals surface area contributed by atoms with Gasteiger partial charge in [0.25, 0.3) is 0 Å². The molecule has 0 bridgehead atoms. The highest BCUT2D eigenvalue weighted by Crippen LogP contribution is 2.16. The van der Waals surface area contributed by atoms with Crippen LogP contribution in [0.4, 0.5) is 0 Å². The lowest BCUT2D eigenvalue weighted by molar-refractivity contribution is -0.142. The van der Waals surface area contributed by atoms with Gasteiger partial charge in [-0.05, 0) is 57.4 Å². The molecule has 0 aromatic heterocycles. The SMILES string of the molecule is CC(C)Oc1ccc(CCNC(=O)CN2CCCC2C(=O)O)cc1.Cl. The molecule has 7 heteroatoms. The first kappa shape index (κ1) is 21.3. The molecule has 1 aliphatic rings. The normalized spacial score (nSPS) is 17.2. The Bertz CT molecular complexity index is 563. The first-order chi connectivity index (χ1) is 11.5. The monoisotopic (exact) mass is 370 g/mol. The van der Waals surface area contributed by atoms with Gasteiger partial charge in [0.15, 0.2) is 0 Å². The molecule has 1 heterocycles. The van der Waals surface area contributed by atoms with E-state index in [4.69, 9.17) is 9.84 Å². The van der Waals surface area contributed by atoms with E-state index in [0.717, 1.165) is 24.2 Å². The summed E-state index contributed by atoms with van der Waals surface area (Å²) in [6.45, 7) is 5.33. The maximum Gasteiger partial charge on any atom is 0.320 e. The van der Waals surface area contributed by atoms with Crippen molar-refractivity contribution >= 4 is 24.3 Å². The topological polar surface area (TPSA) is 78.9 Å². The molecule has 25 heavy (non-hydrogen) atoms. The van der Waals surface area contributed by atoms with Gasteiger partial charge in [-0.1, -0.05) is 12.1 Å². The van der Waals surface area contributed by atoms with E-state index in [-0.39, 0.29) is 31.0 Å². The van der Waals surface area contributed by atoms with Crippen LogP contribution in [0.3, 0.4) is 0 Å². The molecule has 1 amide bonds. The van der Waals surface area contributed by atoms with Crippen molar-refractivity contribution in [1.82, 2.24) is 10.2 Å². The molecule has 0 radical (unpaired) electrons. The molecule has 1 aromatic carbocycles. The zero-order valence-electron chi connectivity index (χ0n) is 14.7. The fraction of sp³-hybridized carbons (Fsp3) is 0.556. The lowest BCUT2D eigenvalue weighted by atomic mass is 10.1. The number of ether oxygens (including phenoxy) is 1. The van der Waals surface area contributed by atoms with Gasteiger partial charge in [0, 0.05) is 6.54 Å². The van der Waals surface area contributed by atoms with Crippen molar-refractivity contribution in [2.45, 2.75) is 45.3 Å². The van der Waals surface area contributed by atoms with Gasteiger partial charge < -0.3 is 15.2 Å². The third kappa shape index (κ3) is 6.92. The zero-order chi connectivity index (χ0) is 17.5. The van der Waals surface area contributed by atoms with Gasteiger partial charge >= 0.3 is 5.97 Å². The number of carbonyl (C=O) groups excluding carboxylic acids is 1. The van der Waals surface area contributed by atoms with E-state index in [1.807, 2.05) is 38.1 Å². The summed E-state index contributed by atoms with van der Waals surface area (Å²) in [6, 6.07) is 7.32. The number of rotatable bonds is 8. The van der Waals surface area contributed by atoms with Crippen molar-refractivity contribution in [3.8, 4) is 5.75 Å². The Morgan fingerprint density at radius 2 is 2.00 bits per heavy atom. The molecular formula is C18H27ClN2O4. The minimum atomic E-state index is -0.844. The molecule has 0 spiro atoms. The number of carboxylic acid groups (broad SMARTS) is 1. The highest BCUT2D eigenvalue weighted by atomic mass is 35.5. The van der Waals surface area contributed by atoms with Crippen molar-refractivity contribution in [2.24, 2.45) is 0 Å². The van der Waals surface area contributed by atoms with E-state index < -0.39 is 12.0 Å². The minimum absolute atomic E-state index is 0. The predicted molar refractivity (Wildman–Crippen MR) is 98.4 cm³/mol. The number of nitrogens with zero attached hydrogens (tertiary/aromatic N) is 1. The second-order valence-electron chi connectivity index (χ2n) is 6.38. The molecule has 1 fully saturated rings. The number of carboxylic acids is 1. The Hall–Kier alpha value is -1.79. The summed E-state index contributed by atoms with van der Waals surface area (Å²) >= 11 is 0. The third-order valence-corrected chi connectivity index (χ3v) is 4.03. The maximum absolute atomic E-state index is 12.0. The number of carbonyl (C=O) groups is 2. The summed E-state index contributed by atoms with van der Waals surface area (Å²) in [4.78, 5) is 24.8. The fourth-order valence-electron chi connectivity index (χ4n) is 2.89. The van der Waals surface area contributed by atoms with Crippen LogP contribution in [0.5, 0.6) is 5.75 Å². The van der Waals surface area contributed by atoms with E-state index in [9.17, 15) is 9.59 Å². The van der Waals surface area contributed by atoms with Gasteiger partial charge in [0.1, 0.15) is 11.8 Å². The average molecular weight is 371 g/mol. The molecule has 1 unspecified atom stereocenters. The fourth-order valence-corrected chi connectivity index (χ4v) is 2.89. The molecule has 0 saturated carbocycles. The second-order valence-corrected chi connectivity index (χ2v) is 6.38. The molecule has 1 atom stereocenters. The summed E-state index contributed by atoms with van der Waals surface area (Å²) in [7, 11) is 0. The molecule has 1 saturated heterocycles. The van der Waals surface area contributed by atoms with Crippen LogP contribution >= 0.6 is 12.4 Å². The van der Waals surface area contributed by atoms with Crippen LogP contribution in [0.25, 0.3) is 0 Å². The Kier molecular flexibility index (Phi) is 8.72. The number of amides is 1. The number of likely N-dealkylation sites (tertiary alicyclic amines) is 1. The molecule has 2 rings (SSSR count). The first-order valence-electron chi connectivity index (χ1n) is 8.45. The smallest absolute Gasteiger partial charge is 0.320 e. The van der Waals surface area contributed by atoms with Crippen molar-refractivity contribution in [1.29, 1.82) is 0 Å². The summed E-state index contributed by atoms with van der Waals surface area (Å²) < 4.78 is 5.59. The first-order valence-corrected chi connectivity index (χ1v) is 8.45. The van der Waals surface area contributed by atoms with Crippen molar-refractivity contribution in [3.63, 3.8) is 0 Å². The molecule has 1 aromatic rings. The minimum Gasteiger partial charge on any atom is -0.491 e. The number of hydrogen-bond donors (Lipinski definition) is 2. The van der Waals surface area contributed by atoms with Crippen LogP contribution in [-0.2, 0) is 16.0 Å². The molecule has 140 valence electrons. The van der Waals surface area contributed by atoms with Gasteiger partial charge in [-0.3, -0.25) is 14.5 Å². The predicted octanol–water partition coefficient (Wildman–Crippen LogP) is 2.10. The third-order valence-electron chi connectivity index (χ3n) is 4.03. The number of hydrogen-bond acceptors (Lipinski definition) is 4. The number of benzene rings is 1. The lowest BCUT2D eigenvalue weighted by Gasteiger charge is -2.20. The largest absolute Gasteiger partial charge is 0.491 e. The van der Waals surface area contributed by atoms with Crippen LogP contribution in [0.2, 0.25) is 0 Å². The van der Waals surface area contributed by atoms with Crippen molar-refractivity contribution < 1.29 is 19.4 Å². The zero-order valence-corrected chi connectivity index (χ0v) is 15.6. The second kappa shape index (κ2) is 10.3. The van der Waals surface area contributed by atoms with Gasteiger partial charge in [-0.2, -0.15) is 0 Å². The Labute approximate surface area is 154 Å². The van der Waals surface area contributed by atoms with Crippen LogP contribution < -0.4 is 10.1 Å². The van der Waals surface area contributed by atoms with Crippen molar-refractivity contribution in [2.75, 3.05) is 19.6 Å². The average Bonchev–Trinajstić information content (AvgIpc) is 2.97. The Balaban J connectivity index is 0.00000312. The van der Waals surface area contributed by atoms with Crippen LogP contribution in [0, 0.1) is 0 Å². The van der Waals surface area contributed by atoms with E-state index >= 15 is 0 Å². The van der Waals surface area contributed by atoms with E-state index in [0.29, 0.717) is 19.5 Å². The summed E-state index contributed by atoms with van der Waals surface area (Å²) in [5.74, 6) is -0.126. The Morgan fingerprint density at radius 3 is 2.60 bits per heavy atom. The molecule has 6 nitrogen and oxygen atoms in total. The highest BCUT2D eigenvalue weighted by Gasteiger charge is 2.31. The van der Waals surface area contributed by atoms with Gasteiger partial charge in [-0.15, -0.1) is 12.4 Å². The number of nitrogens with one attached hydrogen (secondary N) is 1. The van der Waals surface area contributed by atoms with Gasteiger partial charge in [-0.25, -0.2) is 0 Å². The number of aliphatic carboxylic acids is 1. The summed E-state index contributed by atoms with van der Waals surface area (Å²) in [5.41, 5.74) is 1.12. The Morgan fingerprint density at radius 1 is 1.32 bits per heavy atom. The van der Waals surface area contributed by atoms with E-state index in [2.05, 4.69) is 5.32 Å². The van der Waals surface area contributed by atoms with Crippen LogP contribution in [0.1, 0.15) is 32.3 Å². The van der Waals surface area contributed by atoms with Gasteiger partial charge in [0.05, 0.1) is 12.6 Å². The number of halogens is 1. The maximum atomic E-state index is 12.0. The van der Waals surface area contributed by atoms with E-state index in [1.165, 1.54) is 0 Å². The van der Waals surface area contributed by atoms with E-state index in [1.54, 1.807) is 4.90 Å². The summed E-state index contributed by atoms with van der Waals surface area (Å²) in [5, 5.41) is 12.0. The summed E-state index contributed by atoms with van der Waals surface area (Å²) in [6.07, 6.45) is 2.33. The van der Waals surface area contributed by atoms with Crippen molar-refractivity contribution in [3.05, 3.63) is 29.8 Å². The standard InChI is InChI=1S/C18H26N2O4.ClH/c1-13(2)24-15-7-5-14(6-8-15)9-10-19-17(21)12-20-11-3-4-16(20)18(22)23;/h5-8,13,16H,3-4,9-12H2,1-2H3,(H,19,21)(H,22,23);1H. The van der Waals surface area contributed by atoms with Gasteiger partial charge in [0.2, 0.25) is 5.91 Å².